The Kier molecular flexibility index (Phi) is 2.69. The molecule has 0 fully saturated rings. The summed E-state index contributed by atoms with van der Waals surface area (Å²) >= 11 is 0. The molecule has 7 nitrogen and oxygen atoms in total. The normalized spacial score (nSPS) is 13.4. The van der Waals surface area contributed by atoms with Gasteiger partial charge < -0.3 is 5.11 Å². The van der Waals surface area contributed by atoms with E-state index in [0.717, 1.165) is 17.0 Å². The molecule has 1 aliphatic rings. The lowest BCUT2D eigenvalue weighted by Gasteiger charge is -2.12. The molecule has 1 aliphatic heterocycles. The zero-order valence-corrected chi connectivity index (χ0v) is 10.5. The number of hydrogen-bond acceptors (Lipinski definition) is 5. The Labute approximate surface area is 118 Å². The second kappa shape index (κ2) is 4.41. The molecule has 21 heavy (non-hydrogen) atoms. The SMILES string of the molecule is O=C1c2cc(O)c([N+](=O)[O-])cc2C(=O)N1c1ccccc1. The lowest BCUT2D eigenvalue weighted by molar-refractivity contribution is -0.385. The maximum absolute atomic E-state index is 12.3. The summed E-state index contributed by atoms with van der Waals surface area (Å²) < 4.78 is 0. The van der Waals surface area contributed by atoms with Gasteiger partial charge in [-0.25, -0.2) is 4.90 Å². The van der Waals surface area contributed by atoms with Crippen LogP contribution in [0.15, 0.2) is 42.5 Å². The van der Waals surface area contributed by atoms with Crippen LogP contribution in [-0.2, 0) is 0 Å². The molecule has 0 atom stereocenters. The zero-order chi connectivity index (χ0) is 15.1. The number of carbonyl (C=O) groups is 2. The van der Waals surface area contributed by atoms with Crippen molar-refractivity contribution in [3.63, 3.8) is 0 Å². The Hall–Kier alpha value is -3.22. The fourth-order valence-electron chi connectivity index (χ4n) is 2.22. The van der Waals surface area contributed by atoms with E-state index in [1.807, 2.05) is 0 Å². The van der Waals surface area contributed by atoms with Crippen molar-refractivity contribution < 1.29 is 19.6 Å². The summed E-state index contributed by atoms with van der Waals surface area (Å²) in [6.07, 6.45) is 0. The largest absolute Gasteiger partial charge is 0.502 e. The molecule has 0 spiro atoms. The fraction of sp³-hybridized carbons (Fsp3) is 0. The number of nitro groups is 1. The molecule has 0 radical (unpaired) electrons. The number of imide groups is 1. The van der Waals surface area contributed by atoms with E-state index >= 15 is 0 Å². The average molecular weight is 284 g/mol. The van der Waals surface area contributed by atoms with Gasteiger partial charge in [-0.2, -0.15) is 0 Å². The maximum atomic E-state index is 12.3. The Morgan fingerprint density at radius 1 is 1.00 bits per heavy atom. The maximum Gasteiger partial charge on any atom is 0.311 e. The number of phenolic OH excluding ortho intramolecular Hbond substituents is 1. The van der Waals surface area contributed by atoms with Crippen LogP contribution in [0.25, 0.3) is 0 Å². The number of amides is 2. The molecule has 1 heterocycles. The van der Waals surface area contributed by atoms with Gasteiger partial charge in [-0.3, -0.25) is 19.7 Å². The van der Waals surface area contributed by atoms with Gasteiger partial charge in [0.2, 0.25) is 0 Å². The van der Waals surface area contributed by atoms with Crippen molar-refractivity contribution in [2.45, 2.75) is 0 Å². The second-order valence-electron chi connectivity index (χ2n) is 4.42. The van der Waals surface area contributed by atoms with Gasteiger partial charge in [0.15, 0.2) is 5.75 Å². The number of nitro benzene ring substituents is 1. The molecule has 3 rings (SSSR count). The van der Waals surface area contributed by atoms with Crippen molar-refractivity contribution in [2.75, 3.05) is 4.90 Å². The van der Waals surface area contributed by atoms with E-state index in [2.05, 4.69) is 0 Å². The Bertz CT molecular complexity index is 785. The predicted molar refractivity (Wildman–Crippen MR) is 72.3 cm³/mol. The van der Waals surface area contributed by atoms with Crippen LogP contribution in [0.4, 0.5) is 11.4 Å². The van der Waals surface area contributed by atoms with Crippen LogP contribution in [0.5, 0.6) is 5.75 Å². The number of aromatic hydroxyl groups is 1. The van der Waals surface area contributed by atoms with Crippen LogP contribution in [0.2, 0.25) is 0 Å². The Balaban J connectivity index is 2.15. The summed E-state index contributed by atoms with van der Waals surface area (Å²) in [6.45, 7) is 0. The molecular weight excluding hydrogens is 276 g/mol. The molecule has 2 amide bonds. The molecule has 2 aromatic rings. The molecule has 0 bridgehead atoms. The highest BCUT2D eigenvalue weighted by molar-refractivity contribution is 6.34. The highest BCUT2D eigenvalue weighted by atomic mass is 16.6. The lowest BCUT2D eigenvalue weighted by Crippen LogP contribution is -2.29. The zero-order valence-electron chi connectivity index (χ0n) is 10.5. The number of hydrogen-bond donors (Lipinski definition) is 1. The van der Waals surface area contributed by atoms with Gasteiger partial charge in [-0.15, -0.1) is 0 Å². The molecule has 0 aromatic heterocycles. The van der Waals surface area contributed by atoms with Crippen LogP contribution in [0.3, 0.4) is 0 Å². The molecular formula is C14H8N2O5. The van der Waals surface area contributed by atoms with Gasteiger partial charge in [0.25, 0.3) is 11.8 Å². The molecule has 1 N–H and O–H groups in total. The standard InChI is InChI=1S/C14H8N2O5/c17-12-7-10-9(6-11(12)16(20)21)13(18)15(14(10)19)8-4-2-1-3-5-8/h1-7,17H. The highest BCUT2D eigenvalue weighted by Crippen LogP contribution is 2.35. The Morgan fingerprint density at radius 2 is 1.57 bits per heavy atom. The van der Waals surface area contributed by atoms with Crippen LogP contribution in [-0.4, -0.2) is 21.8 Å². The number of benzene rings is 2. The monoisotopic (exact) mass is 284 g/mol. The van der Waals surface area contributed by atoms with E-state index in [9.17, 15) is 24.8 Å². The molecule has 0 aliphatic carbocycles. The molecule has 2 aromatic carbocycles. The number of nitrogens with zero attached hydrogens (tertiary/aromatic N) is 2. The number of fused-ring (bicyclic) bond motifs is 1. The first-order valence-electron chi connectivity index (χ1n) is 5.96. The minimum Gasteiger partial charge on any atom is -0.502 e. The van der Waals surface area contributed by atoms with Gasteiger partial charge in [0, 0.05) is 12.1 Å². The first kappa shape index (κ1) is 12.8. The highest BCUT2D eigenvalue weighted by Gasteiger charge is 2.39. The molecule has 0 unspecified atom stereocenters. The summed E-state index contributed by atoms with van der Waals surface area (Å²) in [5.74, 6) is -1.91. The van der Waals surface area contributed by atoms with Gasteiger partial charge in [0.1, 0.15) is 0 Å². The van der Waals surface area contributed by atoms with E-state index in [1.54, 1.807) is 30.3 Å². The van der Waals surface area contributed by atoms with Crippen molar-refractivity contribution in [1.29, 1.82) is 0 Å². The van der Waals surface area contributed by atoms with Gasteiger partial charge in [-0.1, -0.05) is 18.2 Å². The Morgan fingerprint density at radius 3 is 2.14 bits per heavy atom. The van der Waals surface area contributed by atoms with Crippen molar-refractivity contribution in [2.24, 2.45) is 0 Å². The molecule has 0 saturated carbocycles. The molecule has 104 valence electrons. The average Bonchev–Trinajstić information content (AvgIpc) is 2.70. The molecule has 7 heteroatoms. The number of anilines is 1. The number of para-hydroxylation sites is 1. The van der Waals surface area contributed by atoms with Crippen molar-refractivity contribution in [1.82, 2.24) is 0 Å². The van der Waals surface area contributed by atoms with Crippen LogP contribution >= 0.6 is 0 Å². The van der Waals surface area contributed by atoms with Crippen LogP contribution in [0.1, 0.15) is 20.7 Å². The first-order valence-corrected chi connectivity index (χ1v) is 5.96. The minimum atomic E-state index is -0.807. The van der Waals surface area contributed by atoms with Gasteiger partial charge in [0.05, 0.1) is 21.7 Å². The quantitative estimate of drug-likeness (QED) is 0.517. The summed E-state index contributed by atoms with van der Waals surface area (Å²) in [5.41, 5.74) is -0.379. The first-order chi connectivity index (χ1) is 10.0. The number of carbonyl (C=O) groups excluding carboxylic acids is 2. The van der Waals surface area contributed by atoms with E-state index in [4.69, 9.17) is 0 Å². The van der Waals surface area contributed by atoms with Gasteiger partial charge >= 0.3 is 5.69 Å². The fourth-order valence-corrected chi connectivity index (χ4v) is 2.22. The van der Waals surface area contributed by atoms with E-state index in [0.29, 0.717) is 5.69 Å². The minimum absolute atomic E-state index is 0.0491. The lowest BCUT2D eigenvalue weighted by atomic mass is 10.1. The van der Waals surface area contributed by atoms with Gasteiger partial charge in [-0.05, 0) is 12.1 Å². The number of phenols is 1. The topological polar surface area (TPSA) is 101 Å². The third kappa shape index (κ3) is 1.83. The van der Waals surface area contributed by atoms with Crippen molar-refractivity contribution in [3.05, 3.63) is 63.7 Å². The predicted octanol–water partition coefficient (Wildman–Crippen LogP) is 2.10. The van der Waals surface area contributed by atoms with E-state index in [-0.39, 0.29) is 11.1 Å². The summed E-state index contributed by atoms with van der Waals surface area (Å²) in [6, 6.07) is 10.1. The second-order valence-corrected chi connectivity index (χ2v) is 4.42. The summed E-state index contributed by atoms with van der Waals surface area (Å²) in [5, 5.41) is 20.4. The van der Waals surface area contributed by atoms with Crippen molar-refractivity contribution in [3.8, 4) is 5.75 Å². The number of rotatable bonds is 2. The van der Waals surface area contributed by atoms with E-state index < -0.39 is 28.2 Å². The summed E-state index contributed by atoms with van der Waals surface area (Å²) in [4.78, 5) is 35.5. The molecule has 0 saturated heterocycles. The third-order valence-electron chi connectivity index (χ3n) is 3.19. The van der Waals surface area contributed by atoms with Crippen LogP contribution < -0.4 is 4.90 Å². The summed E-state index contributed by atoms with van der Waals surface area (Å²) in [7, 11) is 0. The van der Waals surface area contributed by atoms with E-state index in [1.165, 1.54) is 0 Å². The third-order valence-corrected chi connectivity index (χ3v) is 3.19. The smallest absolute Gasteiger partial charge is 0.311 e. The van der Waals surface area contributed by atoms with Crippen LogP contribution in [0, 0.1) is 10.1 Å². The van der Waals surface area contributed by atoms with Crippen molar-refractivity contribution >= 4 is 23.2 Å².